The highest BCUT2D eigenvalue weighted by atomic mass is 16.7. The fourth-order valence-electron chi connectivity index (χ4n) is 2.99. The molecule has 120 valence electrons. The lowest BCUT2D eigenvalue weighted by atomic mass is 9.76. The maximum Gasteiger partial charge on any atom is 0.494 e. The van der Waals surface area contributed by atoms with Gasteiger partial charge in [-0.25, -0.2) is 0 Å². The van der Waals surface area contributed by atoms with Crippen LogP contribution in [0.2, 0.25) is 0 Å². The Hall–Kier alpha value is -0.795. The maximum atomic E-state index is 6.25. The van der Waals surface area contributed by atoms with Gasteiger partial charge in [0.2, 0.25) is 0 Å². The Kier molecular flexibility index (Phi) is 3.93. The van der Waals surface area contributed by atoms with Crippen LogP contribution in [0.5, 0.6) is 0 Å². The highest BCUT2D eigenvalue weighted by Crippen LogP contribution is 2.41. The van der Waals surface area contributed by atoms with Gasteiger partial charge in [-0.15, -0.1) is 0 Å². The van der Waals surface area contributed by atoms with Gasteiger partial charge in [-0.3, -0.25) is 0 Å². The normalized spacial score (nSPS) is 24.5. The van der Waals surface area contributed by atoms with E-state index in [0.29, 0.717) is 5.92 Å². The van der Waals surface area contributed by atoms with E-state index in [-0.39, 0.29) is 18.3 Å². The largest absolute Gasteiger partial charge is 0.494 e. The van der Waals surface area contributed by atoms with Crippen LogP contribution in [0.15, 0.2) is 18.2 Å². The zero-order valence-corrected chi connectivity index (χ0v) is 14.9. The topological polar surface area (TPSA) is 18.5 Å². The van der Waals surface area contributed by atoms with Gasteiger partial charge < -0.3 is 9.31 Å². The minimum Gasteiger partial charge on any atom is -0.399 e. The van der Waals surface area contributed by atoms with Crippen LogP contribution in [-0.2, 0) is 9.31 Å². The average Bonchev–Trinajstić information content (AvgIpc) is 3.26. The van der Waals surface area contributed by atoms with Crippen molar-refractivity contribution in [2.24, 2.45) is 0 Å². The van der Waals surface area contributed by atoms with Crippen molar-refractivity contribution in [3.8, 4) is 0 Å². The minimum absolute atomic E-state index is 0.244. The molecule has 0 amide bonds. The monoisotopic (exact) mass is 300 g/mol. The van der Waals surface area contributed by atoms with Gasteiger partial charge in [-0.05, 0) is 75.4 Å². The van der Waals surface area contributed by atoms with Crippen molar-refractivity contribution in [2.45, 2.75) is 83.8 Å². The van der Waals surface area contributed by atoms with Gasteiger partial charge in [0.1, 0.15) is 0 Å². The lowest BCUT2D eigenvalue weighted by Gasteiger charge is -2.32. The molecule has 1 aliphatic heterocycles. The van der Waals surface area contributed by atoms with E-state index in [2.05, 4.69) is 59.7 Å². The molecule has 1 heterocycles. The first-order valence-corrected chi connectivity index (χ1v) is 8.74. The van der Waals surface area contributed by atoms with Gasteiger partial charge in [0.05, 0.1) is 11.2 Å². The highest BCUT2D eigenvalue weighted by molar-refractivity contribution is 6.62. The molecule has 0 spiro atoms. The summed E-state index contributed by atoms with van der Waals surface area (Å²) >= 11 is 0. The third-order valence-corrected chi connectivity index (χ3v) is 5.76. The van der Waals surface area contributed by atoms with Crippen molar-refractivity contribution in [3.05, 3.63) is 29.3 Å². The second-order valence-corrected chi connectivity index (χ2v) is 8.10. The molecule has 1 saturated carbocycles. The quantitative estimate of drug-likeness (QED) is 0.768. The van der Waals surface area contributed by atoms with Crippen LogP contribution in [0.1, 0.15) is 83.8 Å². The first kappa shape index (κ1) is 16.1. The summed E-state index contributed by atoms with van der Waals surface area (Å²) in [6, 6.07) is 7.01. The molecule has 1 aromatic rings. The number of rotatable bonds is 4. The predicted octanol–water partition coefficient (Wildman–Crippen LogP) is 4.38. The first-order valence-electron chi connectivity index (χ1n) is 8.74. The Balaban J connectivity index is 1.95. The van der Waals surface area contributed by atoms with Crippen LogP contribution in [0, 0.1) is 0 Å². The van der Waals surface area contributed by atoms with E-state index in [1.54, 1.807) is 0 Å². The zero-order valence-electron chi connectivity index (χ0n) is 14.9. The molecule has 0 aromatic heterocycles. The second-order valence-electron chi connectivity index (χ2n) is 8.10. The maximum absolute atomic E-state index is 6.25. The van der Waals surface area contributed by atoms with E-state index in [1.807, 2.05) is 0 Å². The molecule has 1 saturated heterocycles. The van der Waals surface area contributed by atoms with E-state index in [0.717, 1.165) is 12.3 Å². The molecular weight excluding hydrogens is 271 g/mol. The molecule has 2 aliphatic rings. The van der Waals surface area contributed by atoms with Gasteiger partial charge in [0, 0.05) is 0 Å². The molecule has 1 aliphatic carbocycles. The lowest BCUT2D eigenvalue weighted by Crippen LogP contribution is -2.41. The fourth-order valence-corrected chi connectivity index (χ4v) is 2.99. The van der Waals surface area contributed by atoms with Crippen LogP contribution in [0.4, 0.5) is 0 Å². The van der Waals surface area contributed by atoms with Crippen LogP contribution < -0.4 is 5.46 Å². The van der Waals surface area contributed by atoms with Crippen LogP contribution in [0.3, 0.4) is 0 Å². The molecule has 0 bridgehead atoms. The summed E-state index contributed by atoms with van der Waals surface area (Å²) < 4.78 is 12.5. The molecule has 3 heteroatoms. The molecule has 1 atom stereocenters. The molecule has 3 rings (SSSR count). The van der Waals surface area contributed by atoms with Crippen molar-refractivity contribution in [1.29, 1.82) is 0 Å². The second kappa shape index (κ2) is 5.38. The Morgan fingerprint density at radius 2 is 1.68 bits per heavy atom. The summed E-state index contributed by atoms with van der Waals surface area (Å²) in [6.07, 6.45) is 3.82. The summed E-state index contributed by atoms with van der Waals surface area (Å²) in [5, 5.41) is 0. The molecular formula is C19H29BO2. The van der Waals surface area contributed by atoms with Crippen molar-refractivity contribution >= 4 is 12.6 Å². The van der Waals surface area contributed by atoms with Crippen LogP contribution in [0.25, 0.3) is 0 Å². The Bertz CT molecular complexity index is 545. The summed E-state index contributed by atoms with van der Waals surface area (Å²) in [7, 11) is -0.244. The van der Waals surface area contributed by atoms with Crippen LogP contribution in [-0.4, -0.2) is 18.3 Å². The summed E-state index contributed by atoms with van der Waals surface area (Å²) in [4.78, 5) is 0. The Morgan fingerprint density at radius 1 is 1.09 bits per heavy atom. The summed E-state index contributed by atoms with van der Waals surface area (Å²) in [5.74, 6) is 1.34. The standard InChI is InChI=1S/C19H29BO2/c1-7-13(2)15-10-16(14-8-9-14)12-17(11-15)20-21-18(3,4)19(5,6)22-20/h10-14H,7-9H2,1-6H3. The lowest BCUT2D eigenvalue weighted by molar-refractivity contribution is 0.00578. The molecule has 22 heavy (non-hydrogen) atoms. The first-order chi connectivity index (χ1) is 10.2. The fraction of sp³-hybridized carbons (Fsp3) is 0.684. The Labute approximate surface area is 135 Å². The average molecular weight is 300 g/mol. The molecule has 2 nitrogen and oxygen atoms in total. The van der Waals surface area contributed by atoms with E-state index < -0.39 is 0 Å². The van der Waals surface area contributed by atoms with Crippen molar-refractivity contribution in [1.82, 2.24) is 0 Å². The number of benzene rings is 1. The summed E-state index contributed by atoms with van der Waals surface area (Å²) in [5.41, 5.74) is 3.55. The zero-order chi connectivity index (χ0) is 16.1. The van der Waals surface area contributed by atoms with E-state index in [4.69, 9.17) is 9.31 Å². The van der Waals surface area contributed by atoms with Gasteiger partial charge in [-0.2, -0.15) is 0 Å². The molecule has 1 unspecified atom stereocenters. The van der Waals surface area contributed by atoms with E-state index >= 15 is 0 Å². The van der Waals surface area contributed by atoms with E-state index in [1.165, 1.54) is 29.4 Å². The van der Waals surface area contributed by atoms with Gasteiger partial charge in [-0.1, -0.05) is 32.0 Å². The van der Waals surface area contributed by atoms with Gasteiger partial charge >= 0.3 is 7.12 Å². The minimum atomic E-state index is -0.274. The smallest absolute Gasteiger partial charge is 0.399 e. The van der Waals surface area contributed by atoms with Crippen LogP contribution >= 0.6 is 0 Å². The van der Waals surface area contributed by atoms with E-state index in [9.17, 15) is 0 Å². The molecule has 2 fully saturated rings. The molecule has 0 N–H and O–H groups in total. The summed E-state index contributed by atoms with van der Waals surface area (Å²) in [6.45, 7) is 13.0. The highest BCUT2D eigenvalue weighted by Gasteiger charge is 2.51. The third-order valence-electron chi connectivity index (χ3n) is 5.76. The third kappa shape index (κ3) is 2.86. The van der Waals surface area contributed by atoms with Crippen molar-refractivity contribution < 1.29 is 9.31 Å². The van der Waals surface area contributed by atoms with Crippen molar-refractivity contribution in [2.75, 3.05) is 0 Å². The number of hydrogen-bond donors (Lipinski definition) is 0. The molecule has 0 radical (unpaired) electrons. The Morgan fingerprint density at radius 3 is 2.18 bits per heavy atom. The van der Waals surface area contributed by atoms with Gasteiger partial charge in [0.15, 0.2) is 0 Å². The van der Waals surface area contributed by atoms with Gasteiger partial charge in [0.25, 0.3) is 0 Å². The van der Waals surface area contributed by atoms with Crippen molar-refractivity contribution in [3.63, 3.8) is 0 Å². The predicted molar refractivity (Wildman–Crippen MR) is 92.8 cm³/mol. The molecule has 1 aromatic carbocycles. The SMILES string of the molecule is CCC(C)c1cc(B2OC(C)(C)C(C)(C)O2)cc(C2CC2)c1. The number of hydrogen-bond acceptors (Lipinski definition) is 2.